The molecule has 4 atom stereocenters. The molecule has 36 heavy (non-hydrogen) atoms. The number of carbonyl (C=O) groups is 2. The van der Waals surface area contributed by atoms with Crippen LogP contribution in [-0.4, -0.2) is 26.9 Å². The predicted molar refractivity (Wildman–Crippen MR) is 142 cm³/mol. The molecule has 1 unspecified atom stereocenters. The molecule has 1 amide bonds. The average molecular weight is 525 g/mol. The summed E-state index contributed by atoms with van der Waals surface area (Å²) in [4.78, 5) is 32.8. The van der Waals surface area contributed by atoms with Gasteiger partial charge in [0.05, 0.1) is 29.6 Å². The normalized spacial score (nSPS) is 22.9. The first kappa shape index (κ1) is 26.2. The minimum Gasteiger partial charge on any atom is -0.481 e. The summed E-state index contributed by atoms with van der Waals surface area (Å²) in [5.41, 5.74) is 1.60. The molecule has 1 aliphatic heterocycles. The molecule has 188 valence electrons. The fourth-order valence-corrected chi connectivity index (χ4v) is 5.82. The number of piperidine rings is 1. The van der Waals surface area contributed by atoms with Gasteiger partial charge in [-0.15, -0.1) is 0 Å². The van der Waals surface area contributed by atoms with Crippen LogP contribution in [0.1, 0.15) is 74.4 Å². The Bertz CT molecular complexity index is 1220. The van der Waals surface area contributed by atoms with E-state index in [4.69, 9.17) is 23.2 Å². The van der Waals surface area contributed by atoms with Crippen LogP contribution in [0.2, 0.25) is 10.0 Å². The van der Waals surface area contributed by atoms with Gasteiger partial charge in [-0.2, -0.15) is 0 Å². The highest BCUT2D eigenvalue weighted by Gasteiger charge is 2.52. The van der Waals surface area contributed by atoms with Crippen molar-refractivity contribution in [2.75, 3.05) is 0 Å². The van der Waals surface area contributed by atoms with Crippen LogP contribution < -0.4 is 0 Å². The number of carbonyl (C=O) groups excluding carboxylic acids is 1. The number of hydrogen-bond acceptors (Lipinski definition) is 3. The Morgan fingerprint density at radius 2 is 1.83 bits per heavy atom. The Morgan fingerprint density at radius 3 is 2.44 bits per heavy atom. The molecule has 4 rings (SSSR count). The number of likely N-dealkylation sites (tertiary alicyclic amines) is 1. The second-order valence-corrected chi connectivity index (χ2v) is 10.6. The molecule has 7 heteroatoms. The van der Waals surface area contributed by atoms with Crippen molar-refractivity contribution in [1.82, 2.24) is 9.88 Å². The minimum absolute atomic E-state index is 0.174. The van der Waals surface area contributed by atoms with Gasteiger partial charge < -0.3 is 10.0 Å². The first-order chi connectivity index (χ1) is 17.2. The Labute approximate surface area is 222 Å². The van der Waals surface area contributed by atoms with Crippen molar-refractivity contribution < 1.29 is 14.7 Å². The van der Waals surface area contributed by atoms with Crippen LogP contribution >= 0.6 is 23.2 Å². The molecular weight excluding hydrogens is 495 g/mol. The van der Waals surface area contributed by atoms with Gasteiger partial charge in [-0.25, -0.2) is 0 Å². The zero-order valence-corrected chi connectivity index (χ0v) is 21.9. The number of carboxylic acid groups (broad SMARTS) is 1. The highest BCUT2D eigenvalue weighted by Crippen LogP contribution is 2.54. The van der Waals surface area contributed by atoms with E-state index in [1.807, 2.05) is 71.6 Å². The predicted octanol–water partition coefficient (Wildman–Crippen LogP) is 7.47. The number of aromatic nitrogens is 1. The summed E-state index contributed by atoms with van der Waals surface area (Å²) in [6, 6.07) is 20.2. The third-order valence-corrected chi connectivity index (χ3v) is 7.55. The van der Waals surface area contributed by atoms with E-state index >= 15 is 0 Å². The number of halogens is 2. The maximum Gasteiger partial charge on any atom is 0.304 e. The molecule has 1 N–H and O–H groups in total. The highest BCUT2D eigenvalue weighted by molar-refractivity contribution is 6.30. The third-order valence-electron chi connectivity index (χ3n) is 7.06. The van der Waals surface area contributed by atoms with Crippen LogP contribution in [0.3, 0.4) is 0 Å². The monoisotopic (exact) mass is 524 g/mol. The minimum atomic E-state index is -1.09. The molecule has 1 aromatic heterocycles. The third kappa shape index (κ3) is 5.42. The number of aliphatic carboxylic acids is 1. The van der Waals surface area contributed by atoms with Crippen LogP contribution in [0.4, 0.5) is 0 Å². The second-order valence-electron chi connectivity index (χ2n) is 9.76. The highest BCUT2D eigenvalue weighted by atomic mass is 35.5. The lowest BCUT2D eigenvalue weighted by Crippen LogP contribution is -2.53. The zero-order chi connectivity index (χ0) is 25.9. The van der Waals surface area contributed by atoms with Gasteiger partial charge in [0.2, 0.25) is 5.91 Å². The van der Waals surface area contributed by atoms with E-state index in [0.29, 0.717) is 22.9 Å². The molecule has 2 aromatic carbocycles. The standard InChI is InChI=1S/C29H30Cl2N2O3/c1-3-7-25(24-10-4-5-15-32-24)33-27(19-11-13-21(30)14-12-19)23(20-8-6-9-22(31)16-20)17-29(2,28(33)36)18-26(34)35/h4-6,8-16,23,25,27H,3,7,17-18H2,1-2H3,(H,34,35)/t23?,25-,27-,29-/m1/s1. The van der Waals surface area contributed by atoms with Gasteiger partial charge in [0.15, 0.2) is 0 Å². The van der Waals surface area contributed by atoms with E-state index in [2.05, 4.69) is 11.9 Å². The van der Waals surface area contributed by atoms with Crippen molar-refractivity contribution in [3.8, 4) is 0 Å². The molecule has 0 spiro atoms. The largest absolute Gasteiger partial charge is 0.481 e. The van der Waals surface area contributed by atoms with E-state index in [0.717, 1.165) is 23.2 Å². The first-order valence-electron chi connectivity index (χ1n) is 12.2. The maximum atomic E-state index is 14.3. The van der Waals surface area contributed by atoms with Crippen molar-refractivity contribution in [3.05, 3.63) is 99.8 Å². The van der Waals surface area contributed by atoms with Gasteiger partial charge in [0, 0.05) is 22.2 Å². The fraction of sp³-hybridized carbons (Fsp3) is 0.345. The number of amides is 1. The molecule has 2 heterocycles. The van der Waals surface area contributed by atoms with Crippen molar-refractivity contribution >= 4 is 35.1 Å². The molecule has 0 aliphatic carbocycles. The summed E-state index contributed by atoms with van der Waals surface area (Å²) in [5.74, 6) is -1.35. The van der Waals surface area contributed by atoms with Crippen molar-refractivity contribution in [2.45, 2.75) is 57.5 Å². The molecule has 0 radical (unpaired) electrons. The first-order valence-corrected chi connectivity index (χ1v) is 13.0. The fourth-order valence-electron chi connectivity index (χ4n) is 5.50. The van der Waals surface area contributed by atoms with Crippen LogP contribution in [-0.2, 0) is 9.59 Å². The van der Waals surface area contributed by atoms with Crippen LogP contribution in [0.15, 0.2) is 72.9 Å². The Hall–Kier alpha value is -2.89. The number of carboxylic acids is 1. The summed E-state index contributed by atoms with van der Waals surface area (Å²) in [7, 11) is 0. The molecule has 1 aliphatic rings. The Kier molecular flexibility index (Phi) is 8.01. The summed E-state index contributed by atoms with van der Waals surface area (Å²) in [5, 5.41) is 11.0. The molecule has 0 bridgehead atoms. The molecule has 5 nitrogen and oxygen atoms in total. The molecule has 1 fully saturated rings. The lowest BCUT2D eigenvalue weighted by Gasteiger charge is -2.51. The number of nitrogens with zero attached hydrogens (tertiary/aromatic N) is 2. The lowest BCUT2D eigenvalue weighted by atomic mass is 9.67. The van der Waals surface area contributed by atoms with Gasteiger partial charge in [0.25, 0.3) is 0 Å². The van der Waals surface area contributed by atoms with E-state index < -0.39 is 11.4 Å². The topological polar surface area (TPSA) is 70.5 Å². The van der Waals surface area contributed by atoms with Gasteiger partial charge in [0.1, 0.15) is 0 Å². The summed E-state index contributed by atoms with van der Waals surface area (Å²) >= 11 is 12.6. The molecular formula is C29H30Cl2N2O3. The van der Waals surface area contributed by atoms with Crippen molar-refractivity contribution in [3.63, 3.8) is 0 Å². The van der Waals surface area contributed by atoms with E-state index in [9.17, 15) is 14.7 Å². The maximum absolute atomic E-state index is 14.3. The van der Waals surface area contributed by atoms with Gasteiger partial charge in [-0.1, -0.05) is 73.8 Å². The Balaban J connectivity index is 1.96. The quantitative estimate of drug-likeness (QED) is 0.331. The number of benzene rings is 2. The van der Waals surface area contributed by atoms with Crippen LogP contribution in [0.25, 0.3) is 0 Å². The Morgan fingerprint density at radius 1 is 1.08 bits per heavy atom. The van der Waals surface area contributed by atoms with E-state index in [1.165, 1.54) is 0 Å². The summed E-state index contributed by atoms with van der Waals surface area (Å²) in [6.45, 7) is 3.85. The van der Waals surface area contributed by atoms with E-state index in [-0.39, 0.29) is 30.3 Å². The van der Waals surface area contributed by atoms with Gasteiger partial charge in [-0.05, 0) is 60.4 Å². The van der Waals surface area contributed by atoms with Crippen molar-refractivity contribution in [2.24, 2.45) is 5.41 Å². The van der Waals surface area contributed by atoms with Gasteiger partial charge in [-0.3, -0.25) is 14.6 Å². The molecule has 1 saturated heterocycles. The van der Waals surface area contributed by atoms with Crippen molar-refractivity contribution in [1.29, 1.82) is 0 Å². The number of rotatable bonds is 8. The van der Waals surface area contributed by atoms with Gasteiger partial charge >= 0.3 is 5.97 Å². The summed E-state index contributed by atoms with van der Waals surface area (Å²) < 4.78 is 0. The number of hydrogen-bond donors (Lipinski definition) is 1. The van der Waals surface area contributed by atoms with E-state index in [1.54, 1.807) is 13.1 Å². The second kappa shape index (κ2) is 11.0. The lowest BCUT2D eigenvalue weighted by molar-refractivity contribution is -0.161. The molecule has 0 saturated carbocycles. The smallest absolute Gasteiger partial charge is 0.304 e. The average Bonchev–Trinajstić information content (AvgIpc) is 2.85. The number of pyridine rings is 1. The van der Waals surface area contributed by atoms with Crippen LogP contribution in [0, 0.1) is 5.41 Å². The van der Waals surface area contributed by atoms with Crippen LogP contribution in [0.5, 0.6) is 0 Å². The summed E-state index contributed by atoms with van der Waals surface area (Å²) in [6.07, 6.45) is 3.37. The SMILES string of the molecule is CCC[C@H](c1ccccn1)N1C(=O)[C@@](C)(CC(=O)O)CC(c2cccc(Cl)c2)[C@H]1c1ccc(Cl)cc1. The zero-order valence-electron chi connectivity index (χ0n) is 20.4. The molecule has 3 aromatic rings.